The van der Waals surface area contributed by atoms with Crippen molar-refractivity contribution in [1.29, 1.82) is 0 Å². The topological polar surface area (TPSA) is 97.4 Å². The van der Waals surface area contributed by atoms with Crippen LogP contribution in [0.15, 0.2) is 24.2 Å². The van der Waals surface area contributed by atoms with Crippen LogP contribution < -0.4 is 4.74 Å². The first-order valence-corrected chi connectivity index (χ1v) is 8.48. The third-order valence-electron chi connectivity index (χ3n) is 3.40. The molecule has 0 amide bonds. The molecule has 0 saturated heterocycles. The van der Waals surface area contributed by atoms with Crippen LogP contribution in [0, 0.1) is 6.92 Å². The van der Waals surface area contributed by atoms with Crippen LogP contribution in [0.25, 0.3) is 0 Å². The number of ether oxygens (including phenoxy) is 5. The molecule has 8 heteroatoms. The van der Waals surface area contributed by atoms with Gasteiger partial charge >= 0.3 is 17.9 Å². The third-order valence-corrected chi connectivity index (χ3v) is 3.40. The average Bonchev–Trinajstić information content (AvgIpc) is 2.58. The molecule has 0 bridgehead atoms. The van der Waals surface area contributed by atoms with Gasteiger partial charge in [-0.2, -0.15) is 0 Å². The van der Waals surface area contributed by atoms with Crippen LogP contribution in [0.4, 0.5) is 0 Å². The molecule has 0 aliphatic rings. The molecule has 0 radical (unpaired) electrons. The monoisotopic (exact) mass is 394 g/mol. The summed E-state index contributed by atoms with van der Waals surface area (Å²) in [6, 6.07) is 3.11. The van der Waals surface area contributed by atoms with Crippen molar-refractivity contribution in [1.82, 2.24) is 0 Å². The number of hydrogen-bond acceptors (Lipinski definition) is 8. The van der Waals surface area contributed by atoms with Gasteiger partial charge in [-0.1, -0.05) is 6.07 Å². The molecule has 0 aliphatic carbocycles. The van der Waals surface area contributed by atoms with Gasteiger partial charge in [0.15, 0.2) is 0 Å². The van der Waals surface area contributed by atoms with Crippen molar-refractivity contribution in [2.45, 2.75) is 46.8 Å². The highest BCUT2D eigenvalue weighted by Crippen LogP contribution is 2.30. The van der Waals surface area contributed by atoms with Crippen molar-refractivity contribution in [3.8, 4) is 5.75 Å². The van der Waals surface area contributed by atoms with Crippen LogP contribution in [0.3, 0.4) is 0 Å². The van der Waals surface area contributed by atoms with Crippen molar-refractivity contribution in [3.05, 3.63) is 40.8 Å². The molecule has 8 nitrogen and oxygen atoms in total. The molecule has 0 unspecified atom stereocenters. The SMILES string of the molecule is CO/C=C(/Oc1ccc(COC(C)=O)c(C)c1C(=O)OC(C)(C)C)C(=O)OC. The number of carbonyl (C=O) groups is 3. The minimum absolute atomic E-state index is 0.0188. The Hall–Kier alpha value is -3.03. The predicted molar refractivity (Wildman–Crippen MR) is 99.6 cm³/mol. The summed E-state index contributed by atoms with van der Waals surface area (Å²) in [5.41, 5.74) is 0.444. The fourth-order valence-electron chi connectivity index (χ4n) is 2.17. The number of carbonyl (C=O) groups excluding carboxylic acids is 3. The van der Waals surface area contributed by atoms with E-state index in [2.05, 4.69) is 4.74 Å². The van der Waals surface area contributed by atoms with E-state index in [9.17, 15) is 14.4 Å². The van der Waals surface area contributed by atoms with Gasteiger partial charge in [-0.3, -0.25) is 4.79 Å². The van der Waals surface area contributed by atoms with Crippen LogP contribution >= 0.6 is 0 Å². The maximum Gasteiger partial charge on any atom is 0.377 e. The lowest BCUT2D eigenvalue weighted by Crippen LogP contribution is -2.25. The summed E-state index contributed by atoms with van der Waals surface area (Å²) in [5, 5.41) is 0. The first kappa shape index (κ1) is 23.0. The molecule has 0 saturated carbocycles. The van der Waals surface area contributed by atoms with E-state index in [1.54, 1.807) is 33.8 Å². The summed E-state index contributed by atoms with van der Waals surface area (Å²) in [6.45, 7) is 8.13. The van der Waals surface area contributed by atoms with Crippen molar-refractivity contribution in [2.75, 3.05) is 14.2 Å². The quantitative estimate of drug-likeness (QED) is 0.301. The summed E-state index contributed by atoms with van der Waals surface area (Å²) in [5.74, 6) is -2.05. The van der Waals surface area contributed by atoms with Gasteiger partial charge in [0.2, 0.25) is 5.76 Å². The zero-order valence-electron chi connectivity index (χ0n) is 17.2. The van der Waals surface area contributed by atoms with Gasteiger partial charge in [-0.25, -0.2) is 9.59 Å². The molecule has 28 heavy (non-hydrogen) atoms. The lowest BCUT2D eigenvalue weighted by atomic mass is 10.0. The van der Waals surface area contributed by atoms with E-state index in [0.29, 0.717) is 11.1 Å². The summed E-state index contributed by atoms with van der Waals surface area (Å²) in [6.07, 6.45) is 1.06. The Morgan fingerprint density at radius 3 is 2.25 bits per heavy atom. The second-order valence-electron chi connectivity index (χ2n) is 6.82. The Morgan fingerprint density at radius 1 is 1.11 bits per heavy atom. The molecule has 1 aromatic carbocycles. The minimum Gasteiger partial charge on any atom is -0.500 e. The fourth-order valence-corrected chi connectivity index (χ4v) is 2.17. The third kappa shape index (κ3) is 6.61. The smallest absolute Gasteiger partial charge is 0.377 e. The Balaban J connectivity index is 3.43. The number of benzene rings is 1. The lowest BCUT2D eigenvalue weighted by Gasteiger charge is -2.22. The summed E-state index contributed by atoms with van der Waals surface area (Å²) < 4.78 is 25.6. The normalized spacial score (nSPS) is 11.5. The maximum atomic E-state index is 12.8. The van der Waals surface area contributed by atoms with E-state index in [1.165, 1.54) is 27.2 Å². The van der Waals surface area contributed by atoms with Crippen LogP contribution in [-0.2, 0) is 35.1 Å². The second kappa shape index (κ2) is 9.77. The molecule has 154 valence electrons. The van der Waals surface area contributed by atoms with E-state index < -0.39 is 23.5 Å². The van der Waals surface area contributed by atoms with Gasteiger partial charge in [0, 0.05) is 6.92 Å². The molecular weight excluding hydrogens is 368 g/mol. The predicted octanol–water partition coefficient (Wildman–Crippen LogP) is 3.05. The Morgan fingerprint density at radius 2 is 1.75 bits per heavy atom. The molecule has 0 aliphatic heterocycles. The molecule has 0 spiro atoms. The Labute approximate surface area is 164 Å². The Bertz CT molecular complexity index is 771. The van der Waals surface area contributed by atoms with E-state index >= 15 is 0 Å². The van der Waals surface area contributed by atoms with Gasteiger partial charge in [-0.15, -0.1) is 0 Å². The zero-order chi connectivity index (χ0) is 21.5. The molecule has 0 N–H and O–H groups in total. The van der Waals surface area contributed by atoms with E-state index in [-0.39, 0.29) is 23.7 Å². The first-order valence-electron chi connectivity index (χ1n) is 8.48. The highest BCUT2D eigenvalue weighted by atomic mass is 16.6. The fraction of sp³-hybridized carbons (Fsp3) is 0.450. The summed E-state index contributed by atoms with van der Waals surface area (Å²) in [7, 11) is 2.53. The molecule has 0 aromatic heterocycles. The van der Waals surface area contributed by atoms with Gasteiger partial charge in [0.05, 0.1) is 14.2 Å². The standard InChI is InChI=1S/C20H26O8/c1-12-14(10-26-13(2)21)8-9-15(17(12)19(23)28-20(3,4)5)27-16(11-24-6)18(22)25-7/h8-9,11H,10H2,1-7H3/b16-11+. The molecule has 1 aromatic rings. The van der Waals surface area contributed by atoms with Crippen molar-refractivity contribution in [3.63, 3.8) is 0 Å². The minimum atomic E-state index is -0.779. The zero-order valence-corrected chi connectivity index (χ0v) is 17.2. The van der Waals surface area contributed by atoms with Crippen LogP contribution in [0.5, 0.6) is 5.75 Å². The molecule has 0 heterocycles. The number of rotatable bonds is 7. The van der Waals surface area contributed by atoms with Crippen molar-refractivity contribution in [2.24, 2.45) is 0 Å². The second-order valence-corrected chi connectivity index (χ2v) is 6.82. The number of esters is 3. The van der Waals surface area contributed by atoms with Gasteiger partial charge < -0.3 is 23.7 Å². The Kier molecular flexibility index (Phi) is 8.03. The maximum absolute atomic E-state index is 12.8. The molecule has 0 atom stereocenters. The van der Waals surface area contributed by atoms with Crippen LogP contribution in [-0.4, -0.2) is 37.7 Å². The first-order chi connectivity index (χ1) is 13.0. The largest absolute Gasteiger partial charge is 0.500 e. The van der Waals surface area contributed by atoms with Gasteiger partial charge in [0.1, 0.15) is 29.8 Å². The van der Waals surface area contributed by atoms with Crippen molar-refractivity contribution >= 4 is 17.9 Å². The molecule has 1 rings (SSSR count). The highest BCUT2D eigenvalue weighted by Gasteiger charge is 2.26. The van der Waals surface area contributed by atoms with E-state index in [0.717, 1.165) is 6.26 Å². The van der Waals surface area contributed by atoms with Gasteiger partial charge in [-0.05, 0) is 44.9 Å². The summed E-state index contributed by atoms with van der Waals surface area (Å²) >= 11 is 0. The molecule has 0 fully saturated rings. The highest BCUT2D eigenvalue weighted by molar-refractivity contribution is 5.95. The average molecular weight is 394 g/mol. The summed E-state index contributed by atoms with van der Waals surface area (Å²) in [4.78, 5) is 35.8. The molecular formula is C20H26O8. The van der Waals surface area contributed by atoms with E-state index in [4.69, 9.17) is 18.9 Å². The number of hydrogen-bond donors (Lipinski definition) is 0. The van der Waals surface area contributed by atoms with Crippen LogP contribution in [0.2, 0.25) is 0 Å². The van der Waals surface area contributed by atoms with Crippen LogP contribution in [0.1, 0.15) is 49.2 Å². The number of methoxy groups -OCH3 is 2. The van der Waals surface area contributed by atoms with Gasteiger partial charge in [0.25, 0.3) is 0 Å². The van der Waals surface area contributed by atoms with Crippen molar-refractivity contribution < 1.29 is 38.1 Å². The lowest BCUT2D eigenvalue weighted by molar-refractivity contribution is -0.142. The van der Waals surface area contributed by atoms with E-state index in [1.807, 2.05) is 0 Å².